The van der Waals surface area contributed by atoms with E-state index in [1.807, 2.05) is 6.92 Å². The number of rotatable bonds is 3. The van der Waals surface area contributed by atoms with Gasteiger partial charge in [-0.05, 0) is 13.3 Å². The minimum atomic E-state index is -0.828. The fourth-order valence-corrected chi connectivity index (χ4v) is 2.15. The van der Waals surface area contributed by atoms with Gasteiger partial charge in [-0.15, -0.1) is 0 Å². The number of ether oxygens (including phenoxy) is 1. The Bertz CT molecular complexity index is 309. The van der Waals surface area contributed by atoms with Gasteiger partial charge in [-0.25, -0.2) is 4.79 Å². The monoisotopic (exact) mass is 242 g/mol. The molecule has 2 aliphatic heterocycles. The summed E-state index contributed by atoms with van der Waals surface area (Å²) in [4.78, 5) is 23.9. The van der Waals surface area contributed by atoms with Crippen molar-refractivity contribution in [3.05, 3.63) is 0 Å². The van der Waals surface area contributed by atoms with Crippen molar-refractivity contribution in [3.63, 3.8) is 0 Å². The first-order valence-electron chi connectivity index (χ1n) is 5.94. The van der Waals surface area contributed by atoms with Gasteiger partial charge in [0.2, 0.25) is 0 Å². The number of carbonyl (C=O) groups is 2. The molecule has 6 heteroatoms. The third-order valence-corrected chi connectivity index (χ3v) is 3.54. The van der Waals surface area contributed by atoms with Crippen molar-refractivity contribution >= 4 is 12.0 Å². The van der Waals surface area contributed by atoms with E-state index in [4.69, 9.17) is 9.84 Å². The van der Waals surface area contributed by atoms with Gasteiger partial charge in [0.25, 0.3) is 0 Å². The highest BCUT2D eigenvalue weighted by molar-refractivity contribution is 5.79. The van der Waals surface area contributed by atoms with Gasteiger partial charge in [0.1, 0.15) is 0 Å². The molecule has 96 valence electrons. The fraction of sp³-hybridized carbons (Fsp3) is 0.818. The minimum absolute atomic E-state index is 0.0777. The lowest BCUT2D eigenvalue weighted by molar-refractivity contribution is -0.146. The molecule has 2 unspecified atom stereocenters. The van der Waals surface area contributed by atoms with E-state index < -0.39 is 11.9 Å². The lowest BCUT2D eigenvalue weighted by Crippen LogP contribution is -2.58. The zero-order valence-electron chi connectivity index (χ0n) is 9.89. The van der Waals surface area contributed by atoms with Gasteiger partial charge >= 0.3 is 12.0 Å². The van der Waals surface area contributed by atoms with Crippen LogP contribution in [0.2, 0.25) is 0 Å². The summed E-state index contributed by atoms with van der Waals surface area (Å²) in [7, 11) is 0. The number of carboxylic acids is 1. The highest BCUT2D eigenvalue weighted by atomic mass is 16.5. The summed E-state index contributed by atoms with van der Waals surface area (Å²) >= 11 is 0. The van der Waals surface area contributed by atoms with Crippen LogP contribution in [-0.2, 0) is 9.53 Å². The van der Waals surface area contributed by atoms with Crippen molar-refractivity contribution in [2.45, 2.75) is 19.4 Å². The molecular formula is C11H18N2O4. The Labute approximate surface area is 99.9 Å². The topological polar surface area (TPSA) is 78.9 Å². The molecule has 2 heterocycles. The molecule has 2 saturated heterocycles. The lowest BCUT2D eigenvalue weighted by atomic mass is 9.99. The van der Waals surface area contributed by atoms with Gasteiger partial charge in [-0.1, -0.05) is 0 Å². The number of carboxylic acid groups (broad SMARTS) is 1. The Morgan fingerprint density at radius 3 is 2.71 bits per heavy atom. The summed E-state index contributed by atoms with van der Waals surface area (Å²) in [5.74, 6) is -0.854. The molecule has 2 fully saturated rings. The van der Waals surface area contributed by atoms with E-state index in [9.17, 15) is 9.59 Å². The van der Waals surface area contributed by atoms with Gasteiger partial charge in [0, 0.05) is 31.7 Å². The molecular weight excluding hydrogens is 224 g/mol. The predicted molar refractivity (Wildman–Crippen MR) is 59.6 cm³/mol. The van der Waals surface area contributed by atoms with Crippen molar-refractivity contribution in [1.29, 1.82) is 0 Å². The molecule has 0 saturated carbocycles. The molecule has 0 aromatic rings. The van der Waals surface area contributed by atoms with Gasteiger partial charge < -0.3 is 20.1 Å². The molecule has 0 aromatic carbocycles. The summed E-state index contributed by atoms with van der Waals surface area (Å²) in [6, 6.07) is -0.0872. The van der Waals surface area contributed by atoms with Crippen molar-refractivity contribution in [2.24, 2.45) is 11.8 Å². The molecule has 0 radical (unpaired) electrons. The molecule has 2 aliphatic rings. The Morgan fingerprint density at radius 1 is 1.47 bits per heavy atom. The molecule has 2 rings (SSSR count). The summed E-state index contributed by atoms with van der Waals surface area (Å²) in [6.45, 7) is 4.05. The van der Waals surface area contributed by atoms with Crippen LogP contribution in [0.25, 0.3) is 0 Å². The molecule has 6 nitrogen and oxygen atoms in total. The summed E-state index contributed by atoms with van der Waals surface area (Å²) < 4.78 is 5.27. The predicted octanol–water partition coefficient (Wildman–Crippen LogP) is 0.137. The molecule has 17 heavy (non-hydrogen) atoms. The second-order valence-electron chi connectivity index (χ2n) is 4.80. The van der Waals surface area contributed by atoms with Crippen LogP contribution in [0, 0.1) is 11.8 Å². The number of amides is 2. The zero-order chi connectivity index (χ0) is 12.4. The van der Waals surface area contributed by atoms with E-state index in [1.54, 1.807) is 0 Å². The number of carbonyl (C=O) groups excluding carboxylic acids is 1. The fourth-order valence-electron chi connectivity index (χ4n) is 2.15. The Kier molecular flexibility index (Phi) is 3.51. The minimum Gasteiger partial charge on any atom is -0.481 e. The molecule has 0 aliphatic carbocycles. The van der Waals surface area contributed by atoms with Crippen LogP contribution in [0.3, 0.4) is 0 Å². The van der Waals surface area contributed by atoms with Crippen molar-refractivity contribution in [2.75, 3.05) is 26.3 Å². The number of nitrogens with one attached hydrogen (secondary N) is 1. The first kappa shape index (κ1) is 12.2. The van der Waals surface area contributed by atoms with E-state index in [-0.39, 0.29) is 12.1 Å². The van der Waals surface area contributed by atoms with Crippen LogP contribution < -0.4 is 5.32 Å². The van der Waals surface area contributed by atoms with Gasteiger partial charge in [0.05, 0.1) is 12.5 Å². The largest absolute Gasteiger partial charge is 0.481 e. The van der Waals surface area contributed by atoms with E-state index >= 15 is 0 Å². The van der Waals surface area contributed by atoms with Crippen LogP contribution >= 0.6 is 0 Å². The smallest absolute Gasteiger partial charge is 0.317 e. The quantitative estimate of drug-likeness (QED) is 0.737. The SMILES string of the molecule is CC(NC(=O)N1CC(C(=O)O)C1)C1CCOC1. The third kappa shape index (κ3) is 2.69. The number of nitrogens with zero attached hydrogens (tertiary/aromatic N) is 1. The highest BCUT2D eigenvalue weighted by Gasteiger charge is 2.36. The van der Waals surface area contributed by atoms with Crippen LogP contribution in [0.15, 0.2) is 0 Å². The van der Waals surface area contributed by atoms with Gasteiger partial charge in [0.15, 0.2) is 0 Å². The average molecular weight is 242 g/mol. The van der Waals surface area contributed by atoms with E-state index in [0.717, 1.165) is 13.0 Å². The van der Waals surface area contributed by atoms with Crippen LogP contribution in [-0.4, -0.2) is 54.4 Å². The first-order chi connectivity index (χ1) is 8.08. The summed E-state index contributed by atoms with van der Waals surface area (Å²) in [6.07, 6.45) is 0.971. The zero-order valence-corrected chi connectivity index (χ0v) is 9.89. The molecule has 2 atom stereocenters. The first-order valence-corrected chi connectivity index (χ1v) is 5.94. The van der Waals surface area contributed by atoms with Crippen LogP contribution in [0.1, 0.15) is 13.3 Å². The van der Waals surface area contributed by atoms with Crippen LogP contribution in [0.5, 0.6) is 0 Å². The number of urea groups is 1. The molecule has 0 bridgehead atoms. The van der Waals surface area contributed by atoms with E-state index in [0.29, 0.717) is 25.6 Å². The van der Waals surface area contributed by atoms with Crippen LogP contribution in [0.4, 0.5) is 4.79 Å². The molecule has 0 aromatic heterocycles. The maximum atomic E-state index is 11.7. The molecule has 0 spiro atoms. The summed E-state index contributed by atoms with van der Waals surface area (Å²) in [5, 5.41) is 11.6. The average Bonchev–Trinajstić information content (AvgIpc) is 2.66. The second kappa shape index (κ2) is 4.91. The third-order valence-electron chi connectivity index (χ3n) is 3.54. The maximum absolute atomic E-state index is 11.7. The normalized spacial score (nSPS) is 26.4. The Morgan fingerprint density at radius 2 is 2.18 bits per heavy atom. The second-order valence-corrected chi connectivity index (χ2v) is 4.80. The number of hydrogen-bond acceptors (Lipinski definition) is 3. The summed E-state index contributed by atoms with van der Waals surface area (Å²) in [5.41, 5.74) is 0. The number of aliphatic carboxylic acids is 1. The number of likely N-dealkylation sites (tertiary alicyclic amines) is 1. The number of hydrogen-bond donors (Lipinski definition) is 2. The lowest BCUT2D eigenvalue weighted by Gasteiger charge is -2.37. The Hall–Kier alpha value is -1.30. The maximum Gasteiger partial charge on any atom is 0.317 e. The standard InChI is InChI=1S/C11H18N2O4/c1-7(8-2-3-17-6-8)12-11(16)13-4-9(5-13)10(14)15/h7-9H,2-6H2,1H3,(H,12,16)(H,14,15). The molecule has 2 amide bonds. The van der Waals surface area contributed by atoms with Crippen molar-refractivity contribution in [3.8, 4) is 0 Å². The van der Waals surface area contributed by atoms with Crippen molar-refractivity contribution < 1.29 is 19.4 Å². The highest BCUT2D eigenvalue weighted by Crippen LogP contribution is 2.19. The molecule has 2 N–H and O–H groups in total. The van der Waals surface area contributed by atoms with Gasteiger partial charge in [-0.2, -0.15) is 0 Å². The van der Waals surface area contributed by atoms with Gasteiger partial charge in [-0.3, -0.25) is 4.79 Å². The van der Waals surface area contributed by atoms with Crippen molar-refractivity contribution in [1.82, 2.24) is 10.2 Å². The van der Waals surface area contributed by atoms with E-state index in [1.165, 1.54) is 4.90 Å². The van der Waals surface area contributed by atoms with E-state index in [2.05, 4.69) is 5.32 Å². The Balaban J connectivity index is 1.72.